The van der Waals surface area contributed by atoms with Crippen LogP contribution in [0.25, 0.3) is 0 Å². The molecule has 1 atom stereocenters. The predicted octanol–water partition coefficient (Wildman–Crippen LogP) is -0.976. The van der Waals surface area contributed by atoms with Crippen molar-refractivity contribution in [3.63, 3.8) is 0 Å². The Kier molecular flexibility index (Phi) is 3.46. The zero-order chi connectivity index (χ0) is 10.7. The van der Waals surface area contributed by atoms with E-state index in [9.17, 15) is 9.59 Å². The minimum absolute atomic E-state index is 0.0626. The van der Waals surface area contributed by atoms with Crippen molar-refractivity contribution in [3.8, 4) is 0 Å². The van der Waals surface area contributed by atoms with Crippen molar-refractivity contribution in [2.45, 2.75) is 19.4 Å². The lowest BCUT2D eigenvalue weighted by molar-refractivity contribution is -0.132. The van der Waals surface area contributed by atoms with Gasteiger partial charge in [0.2, 0.25) is 11.8 Å². The summed E-state index contributed by atoms with van der Waals surface area (Å²) in [5.41, 5.74) is 5.14. The summed E-state index contributed by atoms with van der Waals surface area (Å²) in [5, 5.41) is 0. The van der Waals surface area contributed by atoms with Crippen LogP contribution in [-0.4, -0.2) is 54.3 Å². The Morgan fingerprint density at radius 2 is 2.07 bits per heavy atom. The van der Waals surface area contributed by atoms with Gasteiger partial charge in [-0.05, 0) is 7.05 Å². The predicted molar refractivity (Wildman–Crippen MR) is 52.5 cm³/mol. The molecule has 0 aromatic heterocycles. The van der Waals surface area contributed by atoms with Gasteiger partial charge in [-0.15, -0.1) is 0 Å². The van der Waals surface area contributed by atoms with E-state index in [2.05, 4.69) is 4.90 Å². The Morgan fingerprint density at radius 1 is 1.43 bits per heavy atom. The minimum Gasteiger partial charge on any atom is -0.370 e. The fraction of sp³-hybridized carbons (Fsp3) is 0.778. The summed E-state index contributed by atoms with van der Waals surface area (Å²) in [7, 11) is 1.95. The SMILES string of the molecule is CC(=O)N1CCN(C)C(CC(N)=O)C1. The maximum atomic E-state index is 11.1. The van der Waals surface area contributed by atoms with Gasteiger partial charge in [0.25, 0.3) is 0 Å². The number of amides is 2. The number of hydrogen-bond acceptors (Lipinski definition) is 3. The first-order valence-corrected chi connectivity index (χ1v) is 4.74. The average Bonchev–Trinajstić information content (AvgIpc) is 2.07. The van der Waals surface area contributed by atoms with Crippen LogP contribution in [0.3, 0.4) is 0 Å². The van der Waals surface area contributed by atoms with Crippen LogP contribution in [0.2, 0.25) is 0 Å². The van der Waals surface area contributed by atoms with E-state index in [0.717, 1.165) is 13.1 Å². The number of carbonyl (C=O) groups is 2. The molecule has 1 rings (SSSR count). The molecule has 1 unspecified atom stereocenters. The summed E-state index contributed by atoms with van der Waals surface area (Å²) in [6.07, 6.45) is 0.320. The van der Waals surface area contributed by atoms with Crippen molar-refractivity contribution in [1.29, 1.82) is 0 Å². The van der Waals surface area contributed by atoms with Crippen molar-refractivity contribution in [3.05, 3.63) is 0 Å². The summed E-state index contributed by atoms with van der Waals surface area (Å²) in [5.74, 6) is -0.250. The van der Waals surface area contributed by atoms with Gasteiger partial charge in [0.1, 0.15) is 0 Å². The van der Waals surface area contributed by atoms with Gasteiger partial charge < -0.3 is 10.6 Å². The maximum Gasteiger partial charge on any atom is 0.219 e. The lowest BCUT2D eigenvalue weighted by atomic mass is 10.1. The number of hydrogen-bond donors (Lipinski definition) is 1. The number of nitrogens with two attached hydrogens (primary N) is 1. The topological polar surface area (TPSA) is 66.6 Å². The molecule has 0 saturated carbocycles. The molecule has 14 heavy (non-hydrogen) atoms. The molecule has 1 saturated heterocycles. The summed E-state index contributed by atoms with van der Waals surface area (Å²) in [6.45, 7) is 3.69. The molecule has 2 amide bonds. The van der Waals surface area contributed by atoms with E-state index in [-0.39, 0.29) is 17.9 Å². The number of carbonyl (C=O) groups excluding carboxylic acids is 2. The monoisotopic (exact) mass is 199 g/mol. The summed E-state index contributed by atoms with van der Waals surface area (Å²) < 4.78 is 0. The number of rotatable bonds is 2. The molecule has 1 fully saturated rings. The van der Waals surface area contributed by atoms with E-state index in [1.165, 1.54) is 0 Å². The van der Waals surface area contributed by atoms with Gasteiger partial charge in [-0.1, -0.05) is 0 Å². The normalized spacial score (nSPS) is 23.6. The van der Waals surface area contributed by atoms with E-state index in [0.29, 0.717) is 13.0 Å². The van der Waals surface area contributed by atoms with Gasteiger partial charge in [-0.3, -0.25) is 14.5 Å². The molecule has 0 bridgehead atoms. The summed E-state index contributed by atoms with van der Waals surface area (Å²) >= 11 is 0. The molecular weight excluding hydrogens is 182 g/mol. The van der Waals surface area contributed by atoms with Crippen molar-refractivity contribution in [2.75, 3.05) is 26.7 Å². The number of primary amides is 1. The third kappa shape index (κ3) is 2.70. The molecule has 0 radical (unpaired) electrons. The van der Waals surface area contributed by atoms with Crippen molar-refractivity contribution >= 4 is 11.8 Å². The molecule has 0 spiro atoms. The van der Waals surface area contributed by atoms with Crippen molar-refractivity contribution in [1.82, 2.24) is 9.80 Å². The Hall–Kier alpha value is -1.10. The first kappa shape index (κ1) is 11.0. The first-order chi connectivity index (χ1) is 6.50. The molecule has 0 aromatic rings. The smallest absolute Gasteiger partial charge is 0.219 e. The first-order valence-electron chi connectivity index (χ1n) is 4.74. The summed E-state index contributed by atoms with van der Waals surface area (Å²) in [6, 6.07) is 0.0742. The third-order valence-corrected chi connectivity index (χ3v) is 2.66. The number of nitrogens with zero attached hydrogens (tertiary/aromatic N) is 2. The van der Waals surface area contributed by atoms with Gasteiger partial charge in [0.15, 0.2) is 0 Å². The number of likely N-dealkylation sites (N-methyl/N-ethyl adjacent to an activating group) is 1. The molecule has 1 heterocycles. The van der Waals surface area contributed by atoms with Crippen molar-refractivity contribution < 1.29 is 9.59 Å². The lowest BCUT2D eigenvalue weighted by Crippen LogP contribution is -2.53. The molecule has 0 aromatic carbocycles. The molecular formula is C9H17N3O2. The van der Waals surface area contributed by atoms with Gasteiger partial charge in [-0.25, -0.2) is 0 Å². The van der Waals surface area contributed by atoms with Gasteiger partial charge in [0, 0.05) is 39.0 Å². The van der Waals surface area contributed by atoms with E-state index in [1.807, 2.05) is 7.05 Å². The average molecular weight is 199 g/mol. The van der Waals surface area contributed by atoms with Gasteiger partial charge in [-0.2, -0.15) is 0 Å². The highest BCUT2D eigenvalue weighted by Crippen LogP contribution is 2.10. The minimum atomic E-state index is -0.313. The van der Waals surface area contributed by atoms with E-state index in [1.54, 1.807) is 11.8 Å². The van der Waals surface area contributed by atoms with E-state index in [4.69, 9.17) is 5.73 Å². The maximum absolute atomic E-state index is 11.1. The fourth-order valence-electron chi connectivity index (χ4n) is 1.68. The molecule has 1 aliphatic rings. The Morgan fingerprint density at radius 3 is 2.57 bits per heavy atom. The quantitative estimate of drug-likeness (QED) is 0.622. The van der Waals surface area contributed by atoms with Gasteiger partial charge >= 0.3 is 0 Å². The fourth-order valence-corrected chi connectivity index (χ4v) is 1.68. The largest absolute Gasteiger partial charge is 0.370 e. The molecule has 0 aliphatic carbocycles. The van der Waals surface area contributed by atoms with Crippen LogP contribution in [0.15, 0.2) is 0 Å². The van der Waals surface area contributed by atoms with E-state index >= 15 is 0 Å². The Bertz CT molecular complexity index is 242. The molecule has 5 nitrogen and oxygen atoms in total. The van der Waals surface area contributed by atoms with E-state index < -0.39 is 0 Å². The lowest BCUT2D eigenvalue weighted by Gasteiger charge is -2.38. The molecule has 2 N–H and O–H groups in total. The van der Waals surface area contributed by atoms with Crippen molar-refractivity contribution in [2.24, 2.45) is 5.73 Å². The third-order valence-electron chi connectivity index (χ3n) is 2.66. The van der Waals surface area contributed by atoms with Crippen LogP contribution in [-0.2, 0) is 9.59 Å². The van der Waals surface area contributed by atoms with Crippen LogP contribution >= 0.6 is 0 Å². The van der Waals surface area contributed by atoms with Crippen LogP contribution in [0.4, 0.5) is 0 Å². The zero-order valence-corrected chi connectivity index (χ0v) is 8.69. The highest BCUT2D eigenvalue weighted by atomic mass is 16.2. The second kappa shape index (κ2) is 4.41. The van der Waals surface area contributed by atoms with Gasteiger partial charge in [0.05, 0.1) is 0 Å². The highest BCUT2D eigenvalue weighted by Gasteiger charge is 2.26. The second-order valence-electron chi connectivity index (χ2n) is 3.77. The van der Waals surface area contributed by atoms with Crippen LogP contribution in [0.5, 0.6) is 0 Å². The molecule has 5 heteroatoms. The summed E-state index contributed by atoms with van der Waals surface area (Å²) in [4.78, 5) is 25.7. The van der Waals surface area contributed by atoms with Crippen LogP contribution in [0.1, 0.15) is 13.3 Å². The van der Waals surface area contributed by atoms with Crippen LogP contribution < -0.4 is 5.73 Å². The Balaban J connectivity index is 2.55. The molecule has 80 valence electrons. The second-order valence-corrected chi connectivity index (χ2v) is 3.77. The highest BCUT2D eigenvalue weighted by molar-refractivity contribution is 5.75. The number of piperazine rings is 1. The standard InChI is InChI=1S/C9H17N3O2/c1-7(13)12-4-3-11(2)8(6-12)5-9(10)14/h8H,3-6H2,1-2H3,(H2,10,14). The zero-order valence-electron chi connectivity index (χ0n) is 8.69. The Labute approximate surface area is 83.8 Å². The van der Waals surface area contributed by atoms with Crippen LogP contribution in [0, 0.1) is 0 Å². The molecule has 1 aliphatic heterocycles.